The highest BCUT2D eigenvalue weighted by Gasteiger charge is 2.32. The number of rotatable bonds is 7. The molecule has 1 aromatic rings. The van der Waals surface area contributed by atoms with Crippen LogP contribution in [0.25, 0.3) is 0 Å². The van der Waals surface area contributed by atoms with E-state index in [0.29, 0.717) is 28.5 Å². The van der Waals surface area contributed by atoms with Crippen molar-refractivity contribution in [2.75, 3.05) is 11.4 Å². The molecule has 2 rings (SSSR count). The molecule has 1 aliphatic carbocycles. The van der Waals surface area contributed by atoms with Crippen molar-refractivity contribution in [3.05, 3.63) is 32.9 Å². The highest BCUT2D eigenvalue weighted by Crippen LogP contribution is 2.41. The van der Waals surface area contributed by atoms with Crippen LogP contribution in [-0.4, -0.2) is 16.1 Å². The average Bonchev–Trinajstić information content (AvgIpc) is 3.27. The quantitative estimate of drug-likeness (QED) is 0.727. The third kappa shape index (κ3) is 4.05. The zero-order valence-electron chi connectivity index (χ0n) is 13.4. The second-order valence-electron chi connectivity index (χ2n) is 5.82. The lowest BCUT2D eigenvalue weighted by Gasteiger charge is -2.23. The van der Waals surface area contributed by atoms with E-state index in [0.717, 1.165) is 12.8 Å². The standard InChI is InChI=1S/C16H23Cl2N3O/c1-4-8-20(9-11(3)17)15-16(22)21(10-14(18)19-15)13(5-2)12-6-7-12/h9-10,12-13H,4-8H2,1-3H3/b11-9+. The van der Waals surface area contributed by atoms with Crippen molar-refractivity contribution < 1.29 is 0 Å². The maximum Gasteiger partial charge on any atom is 0.294 e. The van der Waals surface area contributed by atoms with Gasteiger partial charge in [-0.3, -0.25) is 4.79 Å². The zero-order chi connectivity index (χ0) is 16.3. The molecule has 1 aromatic heterocycles. The minimum Gasteiger partial charge on any atom is -0.327 e. The Balaban J connectivity index is 2.49. The van der Waals surface area contributed by atoms with Crippen molar-refractivity contribution in [2.24, 2.45) is 5.92 Å². The van der Waals surface area contributed by atoms with E-state index in [9.17, 15) is 4.79 Å². The summed E-state index contributed by atoms with van der Waals surface area (Å²) in [5.74, 6) is 0.937. The summed E-state index contributed by atoms with van der Waals surface area (Å²) in [5.41, 5.74) is -0.0919. The fraction of sp³-hybridized carbons (Fsp3) is 0.625. The number of halogens is 2. The summed E-state index contributed by atoms with van der Waals surface area (Å²) in [5, 5.41) is 0.950. The summed E-state index contributed by atoms with van der Waals surface area (Å²) in [6.07, 6.45) is 7.57. The van der Waals surface area contributed by atoms with Gasteiger partial charge in [0.25, 0.3) is 5.56 Å². The topological polar surface area (TPSA) is 38.1 Å². The number of hydrogen-bond acceptors (Lipinski definition) is 3. The smallest absolute Gasteiger partial charge is 0.294 e. The number of allylic oxidation sites excluding steroid dienone is 1. The molecule has 1 atom stereocenters. The lowest BCUT2D eigenvalue weighted by atomic mass is 10.1. The summed E-state index contributed by atoms with van der Waals surface area (Å²) in [7, 11) is 0. The van der Waals surface area contributed by atoms with E-state index in [4.69, 9.17) is 23.2 Å². The van der Waals surface area contributed by atoms with E-state index >= 15 is 0 Å². The van der Waals surface area contributed by atoms with Crippen LogP contribution in [0, 0.1) is 5.92 Å². The Morgan fingerprint density at radius 1 is 1.55 bits per heavy atom. The molecule has 1 heterocycles. The van der Waals surface area contributed by atoms with Crippen LogP contribution in [0.3, 0.4) is 0 Å². The molecule has 0 aliphatic heterocycles. The van der Waals surface area contributed by atoms with Gasteiger partial charge in [0.1, 0.15) is 5.15 Å². The SMILES string of the molecule is CCCN(/C=C(\C)Cl)c1nc(Cl)cn(C(CC)C2CC2)c1=O. The van der Waals surface area contributed by atoms with Gasteiger partial charge in [0.15, 0.2) is 0 Å². The van der Waals surface area contributed by atoms with Crippen molar-refractivity contribution in [3.8, 4) is 0 Å². The zero-order valence-corrected chi connectivity index (χ0v) is 14.9. The van der Waals surface area contributed by atoms with Crippen LogP contribution >= 0.6 is 23.2 Å². The summed E-state index contributed by atoms with van der Waals surface area (Å²) in [6, 6.07) is 0.205. The molecule has 22 heavy (non-hydrogen) atoms. The van der Waals surface area contributed by atoms with Gasteiger partial charge in [0, 0.05) is 30.0 Å². The van der Waals surface area contributed by atoms with Crippen molar-refractivity contribution in [2.45, 2.75) is 52.5 Å². The molecule has 1 fully saturated rings. The lowest BCUT2D eigenvalue weighted by molar-refractivity contribution is 0.418. The first-order valence-electron chi connectivity index (χ1n) is 7.87. The molecular formula is C16H23Cl2N3O. The van der Waals surface area contributed by atoms with Gasteiger partial charge in [-0.25, -0.2) is 4.98 Å². The van der Waals surface area contributed by atoms with E-state index in [1.54, 1.807) is 28.8 Å². The summed E-state index contributed by atoms with van der Waals surface area (Å²) < 4.78 is 1.77. The molecule has 1 unspecified atom stereocenters. The van der Waals surface area contributed by atoms with E-state index < -0.39 is 0 Å². The van der Waals surface area contributed by atoms with Crippen LogP contribution in [0.5, 0.6) is 0 Å². The third-order valence-electron chi connectivity index (χ3n) is 3.90. The maximum atomic E-state index is 12.9. The van der Waals surface area contributed by atoms with Gasteiger partial charge in [0.05, 0.1) is 0 Å². The molecule has 0 aromatic carbocycles. The first kappa shape index (κ1) is 17.4. The minimum atomic E-state index is -0.0919. The summed E-state index contributed by atoms with van der Waals surface area (Å²) in [6.45, 7) is 6.61. The number of aromatic nitrogens is 2. The maximum absolute atomic E-state index is 12.9. The molecule has 0 spiro atoms. The van der Waals surface area contributed by atoms with E-state index in [1.807, 2.05) is 6.92 Å². The van der Waals surface area contributed by atoms with E-state index in [1.165, 1.54) is 12.8 Å². The Morgan fingerprint density at radius 3 is 2.73 bits per heavy atom. The predicted octanol–water partition coefficient (Wildman–Crippen LogP) is 4.57. The third-order valence-corrected chi connectivity index (χ3v) is 4.18. The number of nitrogens with zero attached hydrogens (tertiary/aromatic N) is 3. The molecule has 0 bridgehead atoms. The molecule has 122 valence electrons. The van der Waals surface area contributed by atoms with Crippen molar-refractivity contribution in [1.29, 1.82) is 0 Å². The number of hydrogen-bond donors (Lipinski definition) is 0. The van der Waals surface area contributed by atoms with Gasteiger partial charge in [-0.1, -0.05) is 37.0 Å². The Hall–Kier alpha value is -1.00. The van der Waals surface area contributed by atoms with Gasteiger partial charge in [-0.2, -0.15) is 0 Å². The first-order chi connectivity index (χ1) is 10.5. The molecule has 1 aliphatic rings. The predicted molar refractivity (Wildman–Crippen MR) is 92.8 cm³/mol. The molecule has 1 saturated carbocycles. The van der Waals surface area contributed by atoms with Crippen LogP contribution in [-0.2, 0) is 0 Å². The van der Waals surface area contributed by atoms with Gasteiger partial charge in [-0.05, 0) is 38.5 Å². The average molecular weight is 344 g/mol. The van der Waals surface area contributed by atoms with Gasteiger partial charge < -0.3 is 9.47 Å². The summed E-state index contributed by atoms with van der Waals surface area (Å²) in [4.78, 5) is 18.9. The normalized spacial score (nSPS) is 16.7. The monoisotopic (exact) mass is 343 g/mol. The Kier molecular flexibility index (Phi) is 5.93. The first-order valence-corrected chi connectivity index (χ1v) is 8.62. The molecule has 6 heteroatoms. The van der Waals surface area contributed by atoms with Crippen LogP contribution in [0.4, 0.5) is 5.82 Å². The molecule has 0 N–H and O–H groups in total. The molecule has 0 radical (unpaired) electrons. The largest absolute Gasteiger partial charge is 0.327 e. The van der Waals surface area contributed by atoms with Crippen LogP contribution < -0.4 is 10.5 Å². The second-order valence-corrected chi connectivity index (χ2v) is 6.81. The van der Waals surface area contributed by atoms with Gasteiger partial charge in [0.2, 0.25) is 5.82 Å². The Morgan fingerprint density at radius 2 is 2.23 bits per heavy atom. The molecule has 0 saturated heterocycles. The molecule has 4 nitrogen and oxygen atoms in total. The Labute approximate surface area is 141 Å². The highest BCUT2D eigenvalue weighted by molar-refractivity contribution is 6.29. The fourth-order valence-corrected chi connectivity index (χ4v) is 3.13. The van der Waals surface area contributed by atoms with Crippen molar-refractivity contribution in [1.82, 2.24) is 9.55 Å². The molecule has 0 amide bonds. The van der Waals surface area contributed by atoms with E-state index in [-0.39, 0.29) is 11.6 Å². The summed E-state index contributed by atoms with van der Waals surface area (Å²) >= 11 is 12.2. The van der Waals surface area contributed by atoms with Crippen molar-refractivity contribution >= 4 is 29.0 Å². The minimum absolute atomic E-state index is 0.0919. The Bertz CT molecular complexity index is 604. The second kappa shape index (κ2) is 7.51. The molecular weight excluding hydrogens is 321 g/mol. The lowest BCUT2D eigenvalue weighted by Crippen LogP contribution is -2.33. The highest BCUT2D eigenvalue weighted by atomic mass is 35.5. The van der Waals surface area contributed by atoms with E-state index in [2.05, 4.69) is 11.9 Å². The van der Waals surface area contributed by atoms with Gasteiger partial charge >= 0.3 is 0 Å². The number of anilines is 1. The van der Waals surface area contributed by atoms with Crippen LogP contribution in [0.1, 0.15) is 52.5 Å². The van der Waals surface area contributed by atoms with Gasteiger partial charge in [-0.15, -0.1) is 0 Å². The van der Waals surface area contributed by atoms with Crippen LogP contribution in [0.15, 0.2) is 22.2 Å². The van der Waals surface area contributed by atoms with Crippen LogP contribution in [0.2, 0.25) is 5.15 Å². The van der Waals surface area contributed by atoms with Crippen molar-refractivity contribution in [3.63, 3.8) is 0 Å². The fourth-order valence-electron chi connectivity index (χ4n) is 2.83.